The van der Waals surface area contributed by atoms with E-state index >= 15 is 0 Å². The fourth-order valence-electron chi connectivity index (χ4n) is 2.78. The van der Waals surface area contributed by atoms with Crippen molar-refractivity contribution in [2.45, 2.75) is 0 Å². The lowest BCUT2D eigenvalue weighted by Gasteiger charge is -1.83. The van der Waals surface area contributed by atoms with E-state index in [2.05, 4.69) is 61.3 Å². The summed E-state index contributed by atoms with van der Waals surface area (Å²) < 4.78 is 0. The van der Waals surface area contributed by atoms with Gasteiger partial charge in [-0.2, -0.15) is 0 Å². The number of rotatable bonds is 0. The third kappa shape index (κ3) is 4.04. The third-order valence-electron chi connectivity index (χ3n) is 4.15. The summed E-state index contributed by atoms with van der Waals surface area (Å²) in [7, 11) is 0. The first kappa shape index (κ1) is 16.6. The summed E-state index contributed by atoms with van der Waals surface area (Å²) in [5, 5.41) is 3.60. The van der Waals surface area contributed by atoms with Gasteiger partial charge in [0.1, 0.15) is 12.0 Å². The molecule has 0 fully saturated rings. The SMILES string of the molecule is c1ccc2[nH]ccc2c1.c1ccc2[nH]ccc2c1.c1ncc2cc[nH]c2n1. The van der Waals surface area contributed by atoms with Crippen molar-refractivity contribution in [1.82, 2.24) is 24.9 Å². The number of para-hydroxylation sites is 2. The van der Waals surface area contributed by atoms with Crippen molar-refractivity contribution in [2.24, 2.45) is 0 Å². The van der Waals surface area contributed by atoms with Crippen LogP contribution in [0.2, 0.25) is 0 Å². The van der Waals surface area contributed by atoms with E-state index in [1.807, 2.05) is 48.9 Å². The quantitative estimate of drug-likeness (QED) is 0.347. The Labute approximate surface area is 156 Å². The van der Waals surface area contributed by atoms with E-state index < -0.39 is 0 Å². The summed E-state index contributed by atoms with van der Waals surface area (Å²) in [6.45, 7) is 0. The van der Waals surface area contributed by atoms with E-state index in [9.17, 15) is 0 Å². The van der Waals surface area contributed by atoms with Crippen molar-refractivity contribution in [2.75, 3.05) is 0 Å². The molecule has 0 radical (unpaired) electrons. The van der Waals surface area contributed by atoms with Crippen molar-refractivity contribution < 1.29 is 0 Å². The maximum absolute atomic E-state index is 3.97. The van der Waals surface area contributed by atoms with Crippen LogP contribution in [0.25, 0.3) is 32.8 Å². The molecular formula is C22H19N5. The minimum atomic E-state index is 0.894. The van der Waals surface area contributed by atoms with Crippen LogP contribution in [0.15, 0.2) is 97.8 Å². The molecule has 0 amide bonds. The Morgan fingerprint density at radius 1 is 0.556 bits per heavy atom. The van der Waals surface area contributed by atoms with E-state index in [1.165, 1.54) is 28.1 Å². The van der Waals surface area contributed by atoms with Gasteiger partial charge in [0.05, 0.1) is 0 Å². The summed E-state index contributed by atoms with van der Waals surface area (Å²) >= 11 is 0. The molecule has 0 bridgehead atoms. The second kappa shape index (κ2) is 8.01. The maximum atomic E-state index is 3.97. The Hall–Kier alpha value is -3.86. The minimum Gasteiger partial charge on any atom is -0.361 e. The van der Waals surface area contributed by atoms with Gasteiger partial charge in [0, 0.05) is 41.2 Å². The molecule has 0 saturated carbocycles. The zero-order valence-electron chi connectivity index (χ0n) is 14.6. The van der Waals surface area contributed by atoms with E-state index in [4.69, 9.17) is 0 Å². The van der Waals surface area contributed by atoms with Gasteiger partial charge in [0.25, 0.3) is 0 Å². The van der Waals surface area contributed by atoms with Gasteiger partial charge in [-0.3, -0.25) is 0 Å². The van der Waals surface area contributed by atoms with Gasteiger partial charge in [0.2, 0.25) is 0 Å². The van der Waals surface area contributed by atoms with E-state index in [1.54, 1.807) is 6.20 Å². The molecule has 0 saturated heterocycles. The molecule has 5 heteroatoms. The molecule has 4 heterocycles. The lowest BCUT2D eigenvalue weighted by atomic mass is 10.3. The van der Waals surface area contributed by atoms with Crippen LogP contribution in [-0.2, 0) is 0 Å². The molecule has 132 valence electrons. The van der Waals surface area contributed by atoms with Crippen LogP contribution in [0.1, 0.15) is 0 Å². The molecule has 27 heavy (non-hydrogen) atoms. The zero-order valence-corrected chi connectivity index (χ0v) is 14.6. The van der Waals surface area contributed by atoms with Crippen LogP contribution in [0.3, 0.4) is 0 Å². The Balaban J connectivity index is 0.0000001000. The predicted molar refractivity (Wildman–Crippen MR) is 110 cm³/mol. The minimum absolute atomic E-state index is 0.894. The highest BCUT2D eigenvalue weighted by atomic mass is 14.9. The Bertz CT molecular complexity index is 998. The van der Waals surface area contributed by atoms with E-state index in [0.29, 0.717) is 0 Å². The molecule has 0 aliphatic rings. The molecule has 6 aromatic rings. The lowest BCUT2D eigenvalue weighted by Crippen LogP contribution is -1.75. The second-order valence-electron chi connectivity index (χ2n) is 5.93. The van der Waals surface area contributed by atoms with Crippen LogP contribution in [0, 0.1) is 0 Å². The average molecular weight is 353 g/mol. The van der Waals surface area contributed by atoms with Crippen LogP contribution < -0.4 is 0 Å². The van der Waals surface area contributed by atoms with Crippen LogP contribution in [-0.4, -0.2) is 24.9 Å². The fourth-order valence-corrected chi connectivity index (χ4v) is 2.78. The standard InChI is InChI=1S/2C8H7N.C6H5N3/c2*1-2-4-8-7(3-1)5-6-9-8;1-2-8-6-5(1)3-7-4-9-6/h2*1-6,9H;1-4H,(H,7,8,9). The van der Waals surface area contributed by atoms with E-state index in [0.717, 1.165) is 11.0 Å². The van der Waals surface area contributed by atoms with Gasteiger partial charge in [0.15, 0.2) is 0 Å². The topological polar surface area (TPSA) is 73.2 Å². The predicted octanol–water partition coefficient (Wildman–Crippen LogP) is 5.29. The number of nitrogens with one attached hydrogen (secondary N) is 3. The molecule has 0 spiro atoms. The summed E-state index contributed by atoms with van der Waals surface area (Å²) in [5.74, 6) is 0. The van der Waals surface area contributed by atoms with Gasteiger partial charge >= 0.3 is 0 Å². The van der Waals surface area contributed by atoms with Gasteiger partial charge in [-0.1, -0.05) is 36.4 Å². The molecular weight excluding hydrogens is 334 g/mol. The molecule has 0 atom stereocenters. The highest BCUT2D eigenvalue weighted by Crippen LogP contribution is 2.10. The number of fused-ring (bicyclic) bond motifs is 3. The number of nitrogens with zero attached hydrogens (tertiary/aromatic N) is 2. The number of hydrogen-bond acceptors (Lipinski definition) is 2. The molecule has 6 rings (SSSR count). The van der Waals surface area contributed by atoms with Crippen LogP contribution in [0.4, 0.5) is 0 Å². The average Bonchev–Trinajstić information content (AvgIpc) is 3.48. The highest BCUT2D eigenvalue weighted by Gasteiger charge is 1.89. The lowest BCUT2D eigenvalue weighted by molar-refractivity contribution is 1.20. The van der Waals surface area contributed by atoms with E-state index in [-0.39, 0.29) is 0 Å². The van der Waals surface area contributed by atoms with Gasteiger partial charge < -0.3 is 15.0 Å². The fraction of sp³-hybridized carbons (Fsp3) is 0. The number of aromatic amines is 3. The summed E-state index contributed by atoms with van der Waals surface area (Å²) in [4.78, 5) is 17.0. The summed E-state index contributed by atoms with van der Waals surface area (Å²) in [5.41, 5.74) is 3.31. The summed E-state index contributed by atoms with van der Waals surface area (Å²) in [6.07, 6.45) is 9.05. The molecule has 2 aromatic carbocycles. The van der Waals surface area contributed by atoms with Crippen molar-refractivity contribution in [3.63, 3.8) is 0 Å². The molecule has 3 N–H and O–H groups in total. The van der Waals surface area contributed by atoms with Crippen molar-refractivity contribution >= 4 is 32.8 Å². The number of benzene rings is 2. The first-order chi connectivity index (χ1) is 13.4. The molecule has 0 unspecified atom stereocenters. The van der Waals surface area contributed by atoms with Crippen molar-refractivity contribution in [3.8, 4) is 0 Å². The molecule has 4 aromatic heterocycles. The van der Waals surface area contributed by atoms with Gasteiger partial charge in [-0.05, 0) is 41.1 Å². The normalized spacial score (nSPS) is 10.2. The highest BCUT2D eigenvalue weighted by molar-refractivity contribution is 5.79. The van der Waals surface area contributed by atoms with Crippen molar-refractivity contribution in [3.05, 3.63) is 97.8 Å². The summed E-state index contributed by atoms with van der Waals surface area (Å²) in [6, 6.07) is 22.5. The Morgan fingerprint density at radius 3 is 1.70 bits per heavy atom. The number of H-pyrrole nitrogens is 3. The van der Waals surface area contributed by atoms with Crippen molar-refractivity contribution in [1.29, 1.82) is 0 Å². The second-order valence-corrected chi connectivity index (χ2v) is 5.93. The first-order valence-corrected chi connectivity index (χ1v) is 8.67. The smallest absolute Gasteiger partial charge is 0.140 e. The molecule has 5 nitrogen and oxygen atoms in total. The van der Waals surface area contributed by atoms with Gasteiger partial charge in [-0.25, -0.2) is 9.97 Å². The third-order valence-corrected chi connectivity index (χ3v) is 4.15. The maximum Gasteiger partial charge on any atom is 0.140 e. The number of aromatic nitrogens is 5. The first-order valence-electron chi connectivity index (χ1n) is 8.67. The Kier molecular flexibility index (Phi) is 4.93. The molecule has 0 aliphatic carbocycles. The van der Waals surface area contributed by atoms with Crippen LogP contribution >= 0.6 is 0 Å². The monoisotopic (exact) mass is 353 g/mol. The Morgan fingerprint density at radius 2 is 1.11 bits per heavy atom. The zero-order chi connectivity index (χ0) is 18.3. The van der Waals surface area contributed by atoms with Gasteiger partial charge in [-0.15, -0.1) is 0 Å². The molecule has 0 aliphatic heterocycles. The number of hydrogen-bond donors (Lipinski definition) is 3. The van der Waals surface area contributed by atoms with Crippen LogP contribution in [0.5, 0.6) is 0 Å². The largest absolute Gasteiger partial charge is 0.361 e.